The highest BCUT2D eigenvalue weighted by Crippen LogP contribution is 2.37. The highest BCUT2D eigenvalue weighted by molar-refractivity contribution is 7.12. The van der Waals surface area contributed by atoms with Crippen molar-refractivity contribution in [2.45, 2.75) is 26.1 Å². The second-order valence-corrected chi connectivity index (χ2v) is 9.40. The van der Waals surface area contributed by atoms with Crippen molar-refractivity contribution in [1.29, 1.82) is 0 Å². The van der Waals surface area contributed by atoms with Gasteiger partial charge in [0.2, 0.25) is 0 Å². The molecule has 3 amide bonds. The summed E-state index contributed by atoms with van der Waals surface area (Å²) in [6, 6.07) is 14.2. The average molecular weight is 493 g/mol. The summed E-state index contributed by atoms with van der Waals surface area (Å²) in [6.07, 6.45) is -0.815. The minimum Gasteiger partial charge on any atom is -0.488 e. The van der Waals surface area contributed by atoms with E-state index in [0.717, 1.165) is 21.8 Å². The number of amides is 3. The van der Waals surface area contributed by atoms with Crippen LogP contribution in [0.25, 0.3) is 0 Å². The van der Waals surface area contributed by atoms with Gasteiger partial charge in [0.25, 0.3) is 11.8 Å². The first-order chi connectivity index (χ1) is 16.8. The van der Waals surface area contributed by atoms with Crippen molar-refractivity contribution in [3.05, 3.63) is 86.1 Å². The molecule has 0 atom stereocenters. The largest absolute Gasteiger partial charge is 0.488 e. The van der Waals surface area contributed by atoms with Crippen molar-refractivity contribution in [3.8, 4) is 5.75 Å². The number of aromatic carboxylic acids is 1. The maximum Gasteiger partial charge on any atom is 0.407 e. The first kappa shape index (κ1) is 22.6. The number of carboxylic acid groups (broad SMARTS) is 2. The Hall–Kier alpha value is -4.18. The summed E-state index contributed by atoms with van der Waals surface area (Å²) in [5.41, 5.74) is 1.88. The van der Waals surface area contributed by atoms with Crippen LogP contribution in [0.2, 0.25) is 0 Å². The molecular formula is C25H20N2O7S. The zero-order valence-electron chi connectivity index (χ0n) is 18.4. The molecule has 0 saturated carbocycles. The van der Waals surface area contributed by atoms with E-state index in [2.05, 4.69) is 0 Å². The molecule has 0 saturated heterocycles. The number of imide groups is 1. The molecule has 3 aromatic rings. The molecule has 2 aliphatic rings. The van der Waals surface area contributed by atoms with Crippen molar-refractivity contribution >= 4 is 35.2 Å². The van der Waals surface area contributed by atoms with Gasteiger partial charge < -0.3 is 19.8 Å². The van der Waals surface area contributed by atoms with Crippen LogP contribution in [-0.2, 0) is 26.1 Å². The van der Waals surface area contributed by atoms with E-state index in [4.69, 9.17) is 4.74 Å². The monoisotopic (exact) mass is 492 g/mol. The Morgan fingerprint density at radius 1 is 1.00 bits per heavy atom. The van der Waals surface area contributed by atoms with E-state index in [1.807, 2.05) is 30.3 Å². The molecule has 0 fully saturated rings. The van der Waals surface area contributed by atoms with Gasteiger partial charge in [-0.05, 0) is 29.7 Å². The summed E-state index contributed by atoms with van der Waals surface area (Å²) < 4.78 is 5.86. The maximum absolute atomic E-state index is 13.3. The van der Waals surface area contributed by atoms with Gasteiger partial charge in [0.1, 0.15) is 12.4 Å². The third-order valence-electron chi connectivity index (χ3n) is 6.11. The standard InChI is InChI=1S/C25H20N2O7S/c28-22-16-7-4-8-17(34-13-14-5-2-1-3-6-14)20(16)23(29)27(22)12-19-21(24(30)31)15-9-10-26(25(32)33)11-18(15)35-19/h1-8H,9-13H2,(H,30,31)(H,32,33). The fourth-order valence-corrected chi connectivity index (χ4v) is 5.78. The topological polar surface area (TPSA) is 124 Å². The van der Waals surface area contributed by atoms with Crippen LogP contribution in [-0.4, -0.2) is 50.4 Å². The fraction of sp³-hybridized carbons (Fsp3) is 0.200. The Morgan fingerprint density at radius 3 is 2.49 bits per heavy atom. The lowest BCUT2D eigenvalue weighted by atomic mass is 10.0. The molecular weight excluding hydrogens is 472 g/mol. The van der Waals surface area contributed by atoms with Gasteiger partial charge >= 0.3 is 12.1 Å². The lowest BCUT2D eigenvalue weighted by Crippen LogP contribution is -2.34. The zero-order valence-corrected chi connectivity index (χ0v) is 19.2. The van der Waals surface area contributed by atoms with E-state index >= 15 is 0 Å². The van der Waals surface area contributed by atoms with Crippen LogP contribution in [0.5, 0.6) is 5.75 Å². The molecule has 0 spiro atoms. The molecule has 10 heteroatoms. The van der Waals surface area contributed by atoms with Crippen LogP contribution in [0.1, 0.15) is 52.0 Å². The number of carbonyl (C=O) groups excluding carboxylic acids is 2. The molecule has 1 aromatic heterocycles. The summed E-state index contributed by atoms with van der Waals surface area (Å²) >= 11 is 1.13. The van der Waals surface area contributed by atoms with Gasteiger partial charge in [-0.3, -0.25) is 14.5 Å². The van der Waals surface area contributed by atoms with E-state index in [1.54, 1.807) is 18.2 Å². The summed E-state index contributed by atoms with van der Waals surface area (Å²) in [5.74, 6) is -1.95. The van der Waals surface area contributed by atoms with Gasteiger partial charge in [-0.2, -0.15) is 0 Å². The lowest BCUT2D eigenvalue weighted by molar-refractivity contribution is 0.0628. The van der Waals surface area contributed by atoms with Crippen LogP contribution in [0.15, 0.2) is 48.5 Å². The van der Waals surface area contributed by atoms with Crippen LogP contribution < -0.4 is 4.74 Å². The van der Waals surface area contributed by atoms with Gasteiger partial charge in [0, 0.05) is 16.3 Å². The molecule has 0 bridgehead atoms. The number of rotatable bonds is 6. The van der Waals surface area contributed by atoms with E-state index in [0.29, 0.717) is 15.3 Å². The van der Waals surface area contributed by atoms with Crippen molar-refractivity contribution in [3.63, 3.8) is 0 Å². The molecule has 0 unspecified atom stereocenters. The normalized spacial score (nSPS) is 14.6. The average Bonchev–Trinajstić information content (AvgIpc) is 3.33. The zero-order chi connectivity index (χ0) is 24.7. The lowest BCUT2D eigenvalue weighted by Gasteiger charge is -2.24. The van der Waals surface area contributed by atoms with E-state index in [1.165, 1.54) is 4.90 Å². The summed E-state index contributed by atoms with van der Waals surface area (Å²) in [5, 5.41) is 19.2. The number of carboxylic acids is 1. The SMILES string of the molecule is O=C(O)c1c(CN2C(=O)c3cccc(OCc4ccccc4)c3C2=O)sc2c1CCN(C(=O)O)C2. The van der Waals surface area contributed by atoms with Crippen molar-refractivity contribution < 1.29 is 34.1 Å². The Balaban J connectivity index is 1.43. The first-order valence-electron chi connectivity index (χ1n) is 10.9. The van der Waals surface area contributed by atoms with Crippen molar-refractivity contribution in [2.75, 3.05) is 6.54 Å². The fourth-order valence-electron chi connectivity index (χ4n) is 4.43. The Kier molecular flexibility index (Phi) is 5.73. The Labute approximate surface area is 203 Å². The van der Waals surface area contributed by atoms with Crippen molar-refractivity contribution in [2.24, 2.45) is 0 Å². The highest BCUT2D eigenvalue weighted by atomic mass is 32.1. The molecule has 2 aliphatic heterocycles. The molecule has 0 aliphatic carbocycles. The summed E-state index contributed by atoms with van der Waals surface area (Å²) in [6.45, 7) is 0.277. The molecule has 3 heterocycles. The first-order valence-corrected chi connectivity index (χ1v) is 11.7. The number of benzene rings is 2. The second kappa shape index (κ2) is 8.88. The Bertz CT molecular complexity index is 1370. The number of thiophene rings is 1. The van der Waals surface area contributed by atoms with Crippen molar-refractivity contribution in [1.82, 2.24) is 9.80 Å². The minimum absolute atomic E-state index is 0.0483. The van der Waals surface area contributed by atoms with Gasteiger partial charge in [0.05, 0.1) is 29.8 Å². The van der Waals surface area contributed by atoms with Gasteiger partial charge in [-0.1, -0.05) is 36.4 Å². The molecule has 2 N–H and O–H groups in total. The Morgan fingerprint density at radius 2 is 1.77 bits per heavy atom. The van der Waals surface area contributed by atoms with E-state index in [9.17, 15) is 29.4 Å². The summed E-state index contributed by atoms with van der Waals surface area (Å²) in [7, 11) is 0. The van der Waals surface area contributed by atoms with E-state index < -0.39 is 23.9 Å². The third kappa shape index (κ3) is 4.01. The molecule has 9 nitrogen and oxygen atoms in total. The van der Waals surface area contributed by atoms with Crippen LogP contribution in [0.3, 0.4) is 0 Å². The van der Waals surface area contributed by atoms with Crippen LogP contribution in [0.4, 0.5) is 4.79 Å². The summed E-state index contributed by atoms with van der Waals surface area (Å²) in [4.78, 5) is 53.1. The predicted molar refractivity (Wildman–Crippen MR) is 125 cm³/mol. The quantitative estimate of drug-likeness (QED) is 0.501. The van der Waals surface area contributed by atoms with Crippen LogP contribution >= 0.6 is 11.3 Å². The maximum atomic E-state index is 13.3. The van der Waals surface area contributed by atoms with Crippen LogP contribution in [0, 0.1) is 0 Å². The third-order valence-corrected chi connectivity index (χ3v) is 7.32. The number of carbonyl (C=O) groups is 4. The van der Waals surface area contributed by atoms with Gasteiger partial charge in [-0.25, -0.2) is 9.59 Å². The molecule has 5 rings (SSSR count). The second-order valence-electron chi connectivity index (χ2n) is 8.21. The van der Waals surface area contributed by atoms with Gasteiger partial charge in [-0.15, -0.1) is 11.3 Å². The number of hydrogen-bond donors (Lipinski definition) is 2. The highest BCUT2D eigenvalue weighted by Gasteiger charge is 2.40. The minimum atomic E-state index is -1.16. The van der Waals surface area contributed by atoms with E-state index in [-0.39, 0.29) is 55.1 Å². The number of fused-ring (bicyclic) bond motifs is 2. The smallest absolute Gasteiger partial charge is 0.407 e. The molecule has 0 radical (unpaired) electrons. The molecule has 2 aromatic carbocycles. The predicted octanol–water partition coefficient (Wildman–Crippen LogP) is 3.86. The van der Waals surface area contributed by atoms with Gasteiger partial charge in [0.15, 0.2) is 0 Å². The number of nitrogens with zero attached hydrogens (tertiary/aromatic N) is 2. The number of ether oxygens (including phenoxy) is 1. The molecule has 35 heavy (non-hydrogen) atoms. The molecule has 178 valence electrons. The number of hydrogen-bond acceptors (Lipinski definition) is 6.